The molecule has 3 aromatic rings. The van der Waals surface area contributed by atoms with E-state index in [1.165, 1.54) is 11.8 Å². The van der Waals surface area contributed by atoms with Gasteiger partial charge in [0.2, 0.25) is 11.1 Å². The van der Waals surface area contributed by atoms with Crippen LogP contribution in [0.3, 0.4) is 0 Å². The number of carbonyl (C=O) groups excluding carboxylic acids is 1. The maximum absolute atomic E-state index is 12.3. The van der Waals surface area contributed by atoms with Gasteiger partial charge in [-0.05, 0) is 43.3 Å². The van der Waals surface area contributed by atoms with Crippen LogP contribution >= 0.6 is 11.8 Å². The number of aromatic nitrogens is 6. The largest absolute Gasteiger partial charge is 0.310 e. The number of nitrogens with one attached hydrogen (secondary N) is 1. The van der Waals surface area contributed by atoms with Crippen molar-refractivity contribution >= 4 is 23.5 Å². The Bertz CT molecular complexity index is 857. The van der Waals surface area contributed by atoms with E-state index in [9.17, 15) is 4.79 Å². The van der Waals surface area contributed by atoms with E-state index in [1.807, 2.05) is 57.2 Å². The van der Waals surface area contributed by atoms with Crippen LogP contribution in [0, 0.1) is 6.92 Å². The van der Waals surface area contributed by atoms with Crippen molar-refractivity contribution in [2.24, 2.45) is 0 Å². The Kier molecular flexibility index (Phi) is 5.13. The Morgan fingerprint density at radius 1 is 1.28 bits per heavy atom. The Morgan fingerprint density at radius 2 is 2.04 bits per heavy atom. The van der Waals surface area contributed by atoms with Gasteiger partial charge in [0.1, 0.15) is 5.82 Å². The summed E-state index contributed by atoms with van der Waals surface area (Å²) < 4.78 is 3.41. The lowest BCUT2D eigenvalue weighted by Gasteiger charge is -2.09. The molecule has 2 aromatic heterocycles. The van der Waals surface area contributed by atoms with Crippen LogP contribution in [0.1, 0.15) is 25.6 Å². The molecule has 3 rings (SSSR count). The molecule has 0 aliphatic heterocycles. The monoisotopic (exact) mass is 357 g/mol. The summed E-state index contributed by atoms with van der Waals surface area (Å²) in [7, 11) is 0. The van der Waals surface area contributed by atoms with Crippen LogP contribution in [0.2, 0.25) is 0 Å². The molecular formula is C16H19N7OS. The summed E-state index contributed by atoms with van der Waals surface area (Å²) in [6.45, 7) is 5.87. The third kappa shape index (κ3) is 4.05. The van der Waals surface area contributed by atoms with Crippen molar-refractivity contribution in [2.75, 3.05) is 11.1 Å². The molecule has 2 heterocycles. The third-order valence-corrected chi connectivity index (χ3v) is 4.32. The van der Waals surface area contributed by atoms with Gasteiger partial charge in [0, 0.05) is 6.07 Å². The first kappa shape index (κ1) is 17.2. The second kappa shape index (κ2) is 7.47. The average Bonchev–Trinajstić information content (AvgIpc) is 3.20. The van der Waals surface area contributed by atoms with Gasteiger partial charge in [-0.3, -0.25) is 4.79 Å². The van der Waals surface area contributed by atoms with E-state index in [4.69, 9.17) is 0 Å². The minimum absolute atomic E-state index is 0.139. The van der Waals surface area contributed by atoms with Gasteiger partial charge in [-0.2, -0.15) is 5.10 Å². The van der Waals surface area contributed by atoms with Gasteiger partial charge in [0.25, 0.3) is 0 Å². The first-order valence-corrected chi connectivity index (χ1v) is 8.86. The van der Waals surface area contributed by atoms with Crippen molar-refractivity contribution in [1.82, 2.24) is 30.0 Å². The first-order chi connectivity index (χ1) is 12.0. The number of nitrogens with zero attached hydrogens (tertiary/aromatic N) is 6. The van der Waals surface area contributed by atoms with E-state index < -0.39 is 0 Å². The molecule has 0 fully saturated rings. The minimum Gasteiger partial charge on any atom is -0.310 e. The van der Waals surface area contributed by atoms with Gasteiger partial charge in [-0.25, -0.2) is 9.36 Å². The summed E-state index contributed by atoms with van der Waals surface area (Å²) in [4.78, 5) is 12.3. The number of amides is 1. The van der Waals surface area contributed by atoms with Crippen LogP contribution in [0.25, 0.3) is 5.69 Å². The van der Waals surface area contributed by atoms with Crippen LogP contribution < -0.4 is 5.32 Å². The van der Waals surface area contributed by atoms with E-state index in [0.717, 1.165) is 11.4 Å². The summed E-state index contributed by atoms with van der Waals surface area (Å²) in [5.41, 5.74) is 1.72. The molecule has 0 unspecified atom stereocenters. The summed E-state index contributed by atoms with van der Waals surface area (Å²) in [5.74, 6) is 0.713. The highest BCUT2D eigenvalue weighted by Gasteiger charge is 2.14. The van der Waals surface area contributed by atoms with Crippen LogP contribution in [-0.2, 0) is 4.79 Å². The number of aryl methyl sites for hydroxylation is 1. The zero-order chi connectivity index (χ0) is 17.8. The van der Waals surface area contributed by atoms with Crippen molar-refractivity contribution in [3.63, 3.8) is 0 Å². The normalized spacial score (nSPS) is 11.0. The molecule has 1 amide bonds. The number of anilines is 1. The molecule has 0 aliphatic carbocycles. The summed E-state index contributed by atoms with van der Waals surface area (Å²) >= 11 is 1.30. The number of rotatable bonds is 6. The van der Waals surface area contributed by atoms with Crippen molar-refractivity contribution in [3.05, 3.63) is 42.1 Å². The van der Waals surface area contributed by atoms with Crippen molar-refractivity contribution < 1.29 is 4.79 Å². The number of para-hydroxylation sites is 1. The third-order valence-electron chi connectivity index (χ3n) is 3.38. The molecule has 9 heteroatoms. The second-order valence-corrected chi connectivity index (χ2v) is 6.70. The van der Waals surface area contributed by atoms with Crippen LogP contribution in [0.15, 0.2) is 41.6 Å². The van der Waals surface area contributed by atoms with Crippen LogP contribution in [-0.4, -0.2) is 41.6 Å². The molecule has 130 valence electrons. The van der Waals surface area contributed by atoms with Gasteiger partial charge in [-0.15, -0.1) is 5.10 Å². The highest BCUT2D eigenvalue weighted by Crippen LogP contribution is 2.20. The molecule has 0 aliphatic rings. The van der Waals surface area contributed by atoms with E-state index in [-0.39, 0.29) is 17.7 Å². The fraction of sp³-hybridized carbons (Fsp3) is 0.312. The molecular weight excluding hydrogens is 338 g/mol. The van der Waals surface area contributed by atoms with Crippen molar-refractivity contribution in [3.8, 4) is 5.69 Å². The Hall–Kier alpha value is -2.68. The Labute approximate surface area is 149 Å². The fourth-order valence-electron chi connectivity index (χ4n) is 2.27. The van der Waals surface area contributed by atoms with E-state index in [2.05, 4.69) is 25.9 Å². The maximum Gasteiger partial charge on any atom is 0.236 e. The SMILES string of the molecule is Cc1cc(NC(=O)CSc2nnnn2C(C)C)n(-c2ccccc2)n1. The molecule has 8 nitrogen and oxygen atoms in total. The first-order valence-electron chi connectivity index (χ1n) is 7.87. The molecule has 0 spiro atoms. The van der Waals surface area contributed by atoms with E-state index in [1.54, 1.807) is 9.36 Å². The van der Waals surface area contributed by atoms with E-state index >= 15 is 0 Å². The van der Waals surface area contributed by atoms with Gasteiger partial charge >= 0.3 is 0 Å². The zero-order valence-electron chi connectivity index (χ0n) is 14.2. The molecule has 0 saturated heterocycles. The standard InChI is InChI=1S/C16H19N7OS/c1-11(2)22-16(18-20-21-22)25-10-15(24)17-14-9-12(3)19-23(14)13-7-5-4-6-8-13/h4-9,11H,10H2,1-3H3,(H,17,24). The summed E-state index contributed by atoms with van der Waals surface area (Å²) in [5, 5.41) is 19.5. The Balaban J connectivity index is 1.69. The average molecular weight is 357 g/mol. The van der Waals surface area contributed by atoms with Crippen molar-refractivity contribution in [2.45, 2.75) is 32.0 Å². The number of tetrazole rings is 1. The summed E-state index contributed by atoms with van der Waals surface area (Å²) in [6.07, 6.45) is 0. The number of benzene rings is 1. The lowest BCUT2D eigenvalue weighted by Crippen LogP contribution is -2.17. The van der Waals surface area contributed by atoms with Crippen LogP contribution in [0.4, 0.5) is 5.82 Å². The molecule has 1 N–H and O–H groups in total. The predicted octanol–water partition coefficient (Wildman–Crippen LogP) is 2.48. The van der Waals surface area contributed by atoms with Crippen LogP contribution in [0.5, 0.6) is 0 Å². The smallest absolute Gasteiger partial charge is 0.236 e. The van der Waals surface area contributed by atoms with Crippen molar-refractivity contribution in [1.29, 1.82) is 0 Å². The highest BCUT2D eigenvalue weighted by molar-refractivity contribution is 7.99. The summed E-state index contributed by atoms with van der Waals surface area (Å²) in [6, 6.07) is 11.7. The lowest BCUT2D eigenvalue weighted by atomic mass is 10.3. The van der Waals surface area contributed by atoms with Gasteiger partial charge in [-0.1, -0.05) is 30.0 Å². The molecule has 0 saturated carbocycles. The minimum atomic E-state index is -0.139. The number of thioether (sulfide) groups is 1. The molecule has 0 bridgehead atoms. The zero-order valence-corrected chi connectivity index (χ0v) is 15.1. The van der Waals surface area contributed by atoms with Gasteiger partial charge in [0.15, 0.2) is 0 Å². The maximum atomic E-state index is 12.3. The molecule has 25 heavy (non-hydrogen) atoms. The number of hydrogen-bond donors (Lipinski definition) is 1. The number of carbonyl (C=O) groups is 1. The molecule has 0 radical (unpaired) electrons. The number of hydrogen-bond acceptors (Lipinski definition) is 6. The van der Waals surface area contributed by atoms with E-state index in [0.29, 0.717) is 11.0 Å². The second-order valence-electron chi connectivity index (χ2n) is 5.75. The fourth-order valence-corrected chi connectivity index (χ4v) is 3.07. The molecule has 0 atom stereocenters. The molecule has 1 aromatic carbocycles. The lowest BCUT2D eigenvalue weighted by molar-refractivity contribution is -0.113. The highest BCUT2D eigenvalue weighted by atomic mass is 32.2. The topological polar surface area (TPSA) is 90.5 Å². The van der Waals surface area contributed by atoms with Gasteiger partial charge in [0.05, 0.1) is 23.2 Å². The predicted molar refractivity (Wildman–Crippen MR) is 95.9 cm³/mol. The quantitative estimate of drug-likeness (QED) is 0.682. The van der Waals surface area contributed by atoms with Gasteiger partial charge < -0.3 is 5.32 Å². The Morgan fingerprint density at radius 3 is 2.76 bits per heavy atom.